The number of methoxy groups -OCH3 is 3. The molecule has 216 valence electrons. The highest BCUT2D eigenvalue weighted by atomic mass is 28.4. The summed E-state index contributed by atoms with van der Waals surface area (Å²) in [4.78, 5) is 11.8. The van der Waals surface area contributed by atoms with E-state index in [2.05, 4.69) is 33.9 Å². The topological polar surface area (TPSA) is 90.9 Å². The molecule has 1 heterocycles. The van der Waals surface area contributed by atoms with Crippen molar-refractivity contribution in [3.63, 3.8) is 0 Å². The van der Waals surface area contributed by atoms with E-state index in [4.69, 9.17) is 37.6 Å². The molecule has 0 saturated heterocycles. The molecule has 0 fully saturated rings. The second-order valence-corrected chi connectivity index (χ2v) is 15.7. The molecule has 0 radical (unpaired) electrons. The molecule has 2 rings (SSSR count). The van der Waals surface area contributed by atoms with Gasteiger partial charge >= 0.3 is 5.97 Å². The number of benzene rings is 1. The number of hydrogen-bond acceptors (Lipinski definition) is 9. The van der Waals surface area contributed by atoms with Crippen LogP contribution in [0.4, 0.5) is 0 Å². The van der Waals surface area contributed by atoms with Crippen molar-refractivity contribution in [2.45, 2.75) is 89.9 Å². The van der Waals surface area contributed by atoms with Gasteiger partial charge in [0, 0.05) is 34.0 Å². The molecular weight excluding hydrogens is 508 g/mol. The van der Waals surface area contributed by atoms with Crippen molar-refractivity contribution in [2.75, 3.05) is 34.7 Å². The van der Waals surface area contributed by atoms with Gasteiger partial charge in [0.05, 0.1) is 32.5 Å². The van der Waals surface area contributed by atoms with Crippen molar-refractivity contribution in [1.82, 2.24) is 0 Å². The summed E-state index contributed by atoms with van der Waals surface area (Å²) in [5.74, 6) is 0.251. The Bertz CT molecular complexity index is 882. The predicted octanol–water partition coefficient (Wildman–Crippen LogP) is 5.16. The molecule has 1 aromatic carbocycles. The van der Waals surface area contributed by atoms with Gasteiger partial charge in [-0.1, -0.05) is 51.1 Å². The van der Waals surface area contributed by atoms with Gasteiger partial charge in [-0.2, -0.15) is 0 Å². The van der Waals surface area contributed by atoms with Crippen molar-refractivity contribution in [3.05, 3.63) is 47.4 Å². The van der Waals surface area contributed by atoms with Gasteiger partial charge < -0.3 is 37.6 Å². The second kappa shape index (κ2) is 15.1. The molecular formula is C28H46O9Si. The highest BCUT2D eigenvalue weighted by Crippen LogP contribution is 2.37. The Morgan fingerprint density at radius 1 is 1.11 bits per heavy atom. The normalized spacial score (nSPS) is 20.2. The SMILES string of the molecule is COCO[C@H](CO[Si](C)(C)C(C)(C)C)[C@@H](C[C@H]1CC(OC)=C(OC(C)=O)[C@@H](OCc2ccccc2)O1)OC. The molecule has 0 unspecified atom stereocenters. The van der Waals surface area contributed by atoms with E-state index in [0.29, 0.717) is 25.2 Å². The summed E-state index contributed by atoms with van der Waals surface area (Å²) in [5.41, 5.74) is 0.963. The van der Waals surface area contributed by atoms with Crippen LogP contribution < -0.4 is 0 Å². The Hall–Kier alpha value is -1.79. The number of rotatable bonds is 15. The lowest BCUT2D eigenvalue weighted by molar-refractivity contribution is -0.205. The van der Waals surface area contributed by atoms with Gasteiger partial charge in [0.2, 0.25) is 12.0 Å². The van der Waals surface area contributed by atoms with Gasteiger partial charge in [0.25, 0.3) is 0 Å². The Labute approximate surface area is 228 Å². The summed E-state index contributed by atoms with van der Waals surface area (Å²) in [5, 5.41) is 0.0580. The maximum absolute atomic E-state index is 11.8. The third-order valence-corrected chi connectivity index (χ3v) is 11.5. The van der Waals surface area contributed by atoms with E-state index in [9.17, 15) is 4.79 Å². The first kappa shape index (κ1) is 32.4. The average Bonchev–Trinajstić information content (AvgIpc) is 2.87. The highest BCUT2D eigenvalue weighted by molar-refractivity contribution is 6.74. The first-order valence-electron chi connectivity index (χ1n) is 13.0. The lowest BCUT2D eigenvalue weighted by atomic mass is 10.0. The van der Waals surface area contributed by atoms with Crippen molar-refractivity contribution in [1.29, 1.82) is 0 Å². The van der Waals surface area contributed by atoms with E-state index in [1.54, 1.807) is 21.3 Å². The quantitative estimate of drug-likeness (QED) is 0.166. The summed E-state index contributed by atoms with van der Waals surface area (Å²) in [7, 11) is 2.75. The van der Waals surface area contributed by atoms with Crippen molar-refractivity contribution < 1.29 is 42.4 Å². The fourth-order valence-corrected chi connectivity index (χ4v) is 4.77. The van der Waals surface area contributed by atoms with Crippen LogP contribution >= 0.6 is 0 Å². The summed E-state index contributed by atoms with van der Waals surface area (Å²) < 4.78 is 47.0. The zero-order valence-electron chi connectivity index (χ0n) is 24.4. The van der Waals surface area contributed by atoms with Crippen LogP contribution in [0.15, 0.2) is 41.9 Å². The molecule has 0 aromatic heterocycles. The standard InChI is InChI=1S/C28H46O9Si/c1-20(29)36-26-24(32-7)16-22(37-27(26)33-17-21-13-11-10-12-14-21)15-23(31-6)25(34-19-30-5)18-35-38(8,9)28(2,3)4/h10-14,22-23,25,27H,15-19H2,1-9H3/t22-,23+,25+,27-/m0/s1. The average molecular weight is 555 g/mol. The van der Waals surface area contributed by atoms with Crippen LogP contribution in [0.3, 0.4) is 0 Å². The van der Waals surface area contributed by atoms with E-state index in [0.717, 1.165) is 5.56 Å². The predicted molar refractivity (Wildman–Crippen MR) is 146 cm³/mol. The van der Waals surface area contributed by atoms with E-state index in [1.165, 1.54) is 6.92 Å². The van der Waals surface area contributed by atoms with Crippen molar-refractivity contribution in [2.24, 2.45) is 0 Å². The maximum Gasteiger partial charge on any atom is 0.308 e. The second-order valence-electron chi connectivity index (χ2n) is 10.9. The van der Waals surface area contributed by atoms with Crippen molar-refractivity contribution >= 4 is 14.3 Å². The number of ether oxygens (including phenoxy) is 7. The van der Waals surface area contributed by atoms with Gasteiger partial charge in [-0.3, -0.25) is 4.79 Å². The Morgan fingerprint density at radius 2 is 1.79 bits per heavy atom. The Balaban J connectivity index is 2.21. The van der Waals surface area contributed by atoms with Crippen molar-refractivity contribution in [3.8, 4) is 0 Å². The van der Waals surface area contributed by atoms with Crippen LogP contribution in [0.2, 0.25) is 18.1 Å². The molecule has 1 aliphatic rings. The maximum atomic E-state index is 11.8. The lowest BCUT2D eigenvalue weighted by Crippen LogP contribution is -2.46. The third-order valence-electron chi connectivity index (χ3n) is 6.99. The molecule has 0 bridgehead atoms. The van der Waals surface area contributed by atoms with Crippen LogP contribution in [0, 0.1) is 0 Å². The van der Waals surface area contributed by atoms with Crippen LogP contribution in [-0.4, -0.2) is 73.6 Å². The van der Waals surface area contributed by atoms with Crippen LogP contribution in [-0.2, 0) is 49.0 Å². The molecule has 38 heavy (non-hydrogen) atoms. The fourth-order valence-electron chi connectivity index (χ4n) is 3.75. The van der Waals surface area contributed by atoms with Crippen LogP contribution in [0.25, 0.3) is 0 Å². The lowest BCUT2D eigenvalue weighted by Gasteiger charge is -2.39. The smallest absolute Gasteiger partial charge is 0.308 e. The Kier molecular flexibility index (Phi) is 12.9. The molecule has 0 aliphatic carbocycles. The van der Waals surface area contributed by atoms with Gasteiger partial charge in [0.1, 0.15) is 18.7 Å². The molecule has 1 aliphatic heterocycles. The van der Waals surface area contributed by atoms with E-state index < -0.39 is 20.6 Å². The zero-order valence-corrected chi connectivity index (χ0v) is 25.4. The fraction of sp³-hybridized carbons (Fsp3) is 0.679. The number of hydrogen-bond donors (Lipinski definition) is 0. The first-order chi connectivity index (χ1) is 17.9. The van der Waals surface area contributed by atoms with E-state index in [-0.39, 0.29) is 42.5 Å². The Morgan fingerprint density at radius 3 is 2.34 bits per heavy atom. The number of carbonyl (C=O) groups is 1. The molecule has 0 saturated carbocycles. The van der Waals surface area contributed by atoms with E-state index >= 15 is 0 Å². The van der Waals surface area contributed by atoms with E-state index in [1.807, 2.05) is 30.3 Å². The van der Waals surface area contributed by atoms with Crippen LogP contribution in [0.1, 0.15) is 46.1 Å². The van der Waals surface area contributed by atoms with Gasteiger partial charge in [-0.15, -0.1) is 0 Å². The molecule has 10 heteroatoms. The molecule has 9 nitrogen and oxygen atoms in total. The largest absolute Gasteiger partial charge is 0.497 e. The van der Waals surface area contributed by atoms with Gasteiger partial charge in [0.15, 0.2) is 8.32 Å². The molecule has 4 atom stereocenters. The summed E-state index contributed by atoms with van der Waals surface area (Å²) in [6.07, 6.45) is -1.17. The molecule has 0 spiro atoms. The number of esters is 1. The molecule has 1 aromatic rings. The zero-order chi connectivity index (χ0) is 28.3. The minimum absolute atomic E-state index is 0.0580. The molecule has 0 N–H and O–H groups in total. The van der Waals surface area contributed by atoms with Crippen LogP contribution in [0.5, 0.6) is 0 Å². The minimum atomic E-state index is -2.02. The minimum Gasteiger partial charge on any atom is -0.497 e. The monoisotopic (exact) mass is 554 g/mol. The number of carbonyl (C=O) groups excluding carboxylic acids is 1. The summed E-state index contributed by atoms with van der Waals surface area (Å²) in [6.45, 7) is 13.1. The highest BCUT2D eigenvalue weighted by Gasteiger charge is 2.40. The first-order valence-corrected chi connectivity index (χ1v) is 15.9. The third kappa shape index (κ3) is 9.75. The summed E-state index contributed by atoms with van der Waals surface area (Å²) in [6, 6.07) is 9.71. The summed E-state index contributed by atoms with van der Waals surface area (Å²) >= 11 is 0. The van der Waals surface area contributed by atoms with Gasteiger partial charge in [-0.05, 0) is 23.7 Å². The van der Waals surface area contributed by atoms with Gasteiger partial charge in [-0.25, -0.2) is 0 Å². The molecule has 0 amide bonds.